The van der Waals surface area contributed by atoms with E-state index in [2.05, 4.69) is 39.4 Å². The van der Waals surface area contributed by atoms with Gasteiger partial charge in [-0.1, -0.05) is 64.5 Å². The average molecular weight is 557 g/mol. The van der Waals surface area contributed by atoms with Crippen molar-refractivity contribution < 1.29 is 23.9 Å². The lowest BCUT2D eigenvalue weighted by atomic mass is 10.1. The van der Waals surface area contributed by atoms with Crippen LogP contribution in [0.25, 0.3) is 16.8 Å². The molecule has 0 bridgehead atoms. The quantitative estimate of drug-likeness (QED) is 0.237. The van der Waals surface area contributed by atoms with Crippen molar-refractivity contribution in [1.29, 1.82) is 0 Å². The van der Waals surface area contributed by atoms with Crippen LogP contribution in [0.1, 0.15) is 11.1 Å². The maximum absolute atomic E-state index is 13.1. The van der Waals surface area contributed by atoms with E-state index in [-0.39, 0.29) is 5.57 Å². The number of halogens is 1. The van der Waals surface area contributed by atoms with Crippen molar-refractivity contribution in [2.24, 2.45) is 0 Å². The van der Waals surface area contributed by atoms with Gasteiger partial charge in [0.1, 0.15) is 12.2 Å². The highest BCUT2D eigenvalue weighted by Gasteiger charge is 2.36. The molecule has 7 nitrogen and oxygen atoms in total. The molecule has 0 aliphatic carbocycles. The molecule has 1 N–H and O–H groups in total. The first kappa shape index (κ1) is 24.3. The largest absolute Gasteiger partial charge is 0.493 e. The highest BCUT2D eigenvalue weighted by Crippen LogP contribution is 2.31. The number of ether oxygens (including phenoxy) is 2. The minimum atomic E-state index is -0.802. The number of nitrogens with zero attached hydrogens (tertiary/aromatic N) is 1. The van der Waals surface area contributed by atoms with Crippen LogP contribution in [0.4, 0.5) is 10.5 Å². The highest BCUT2D eigenvalue weighted by atomic mass is 79.9. The molecular formula is C29H21BrN2O5. The summed E-state index contributed by atoms with van der Waals surface area (Å²) >= 11 is 3.33. The van der Waals surface area contributed by atoms with Crippen molar-refractivity contribution in [3.63, 3.8) is 0 Å². The molecule has 1 fully saturated rings. The summed E-state index contributed by atoms with van der Waals surface area (Å²) in [6.07, 6.45) is 1.42. The summed E-state index contributed by atoms with van der Waals surface area (Å²) in [5.74, 6) is -0.521. The number of nitrogens with one attached hydrogen (secondary N) is 1. The number of carbonyl (C=O) groups is 3. The van der Waals surface area contributed by atoms with Crippen LogP contribution in [0.2, 0.25) is 0 Å². The number of hydrogen-bond acceptors (Lipinski definition) is 5. The number of methoxy groups -OCH3 is 1. The van der Waals surface area contributed by atoms with Gasteiger partial charge in [0, 0.05) is 4.47 Å². The topological polar surface area (TPSA) is 84.9 Å². The fourth-order valence-corrected chi connectivity index (χ4v) is 4.38. The third-order valence-corrected chi connectivity index (χ3v) is 6.48. The molecule has 4 amide bonds. The summed E-state index contributed by atoms with van der Waals surface area (Å²) < 4.78 is 12.4. The van der Waals surface area contributed by atoms with Gasteiger partial charge in [0.25, 0.3) is 11.8 Å². The lowest BCUT2D eigenvalue weighted by Crippen LogP contribution is -2.54. The molecule has 1 aliphatic heterocycles. The Morgan fingerprint density at radius 3 is 2.43 bits per heavy atom. The molecule has 4 aromatic carbocycles. The van der Waals surface area contributed by atoms with Gasteiger partial charge in [-0.2, -0.15) is 0 Å². The summed E-state index contributed by atoms with van der Waals surface area (Å²) in [5.41, 5.74) is 1.75. The number of fused-ring (bicyclic) bond motifs is 1. The molecule has 0 saturated carbocycles. The van der Waals surface area contributed by atoms with Gasteiger partial charge in [-0.05, 0) is 64.4 Å². The number of hydrogen-bond donors (Lipinski definition) is 1. The molecule has 0 atom stereocenters. The van der Waals surface area contributed by atoms with Crippen LogP contribution in [0.3, 0.4) is 0 Å². The van der Waals surface area contributed by atoms with Gasteiger partial charge in [-0.3, -0.25) is 14.9 Å². The number of benzene rings is 4. The van der Waals surface area contributed by atoms with Gasteiger partial charge in [0.2, 0.25) is 0 Å². The van der Waals surface area contributed by atoms with Crippen molar-refractivity contribution in [2.75, 3.05) is 12.0 Å². The minimum absolute atomic E-state index is 0.172. The Kier molecular flexibility index (Phi) is 6.74. The van der Waals surface area contributed by atoms with Crippen molar-refractivity contribution in [1.82, 2.24) is 5.32 Å². The molecule has 1 saturated heterocycles. The van der Waals surface area contributed by atoms with E-state index in [0.717, 1.165) is 25.7 Å². The van der Waals surface area contributed by atoms with Crippen molar-refractivity contribution >= 4 is 56.3 Å². The Bertz CT molecular complexity index is 1560. The van der Waals surface area contributed by atoms with Gasteiger partial charge < -0.3 is 9.47 Å². The number of urea groups is 1. The summed E-state index contributed by atoms with van der Waals surface area (Å²) in [6, 6.07) is 25.1. The Labute approximate surface area is 221 Å². The molecular weight excluding hydrogens is 536 g/mol. The van der Waals surface area contributed by atoms with Gasteiger partial charge in [-0.15, -0.1) is 0 Å². The number of amides is 4. The Hall–Kier alpha value is -4.43. The van der Waals surface area contributed by atoms with Crippen LogP contribution >= 0.6 is 15.9 Å². The predicted molar refractivity (Wildman–Crippen MR) is 144 cm³/mol. The summed E-state index contributed by atoms with van der Waals surface area (Å²) in [4.78, 5) is 39.0. The Morgan fingerprint density at radius 2 is 1.65 bits per heavy atom. The fraction of sp³-hybridized carbons (Fsp3) is 0.0690. The molecule has 8 heteroatoms. The third kappa shape index (κ3) is 4.96. The molecule has 184 valence electrons. The van der Waals surface area contributed by atoms with E-state index in [0.29, 0.717) is 29.4 Å². The number of barbiturate groups is 1. The second-order valence-electron chi connectivity index (χ2n) is 8.27. The number of anilines is 1. The summed E-state index contributed by atoms with van der Waals surface area (Å²) in [7, 11) is 1.52. The van der Waals surface area contributed by atoms with Crippen molar-refractivity contribution in [3.8, 4) is 11.5 Å². The SMILES string of the molecule is COc1cc(/C=C2\C(=O)NC(=O)N(c3ccc(Br)cc3)C2=O)ccc1OCc1cccc2ccccc12. The first-order chi connectivity index (χ1) is 17.9. The number of rotatable bonds is 6. The number of carbonyl (C=O) groups excluding carboxylic acids is 3. The maximum Gasteiger partial charge on any atom is 0.335 e. The smallest absolute Gasteiger partial charge is 0.335 e. The van der Waals surface area contributed by atoms with E-state index in [1.165, 1.54) is 13.2 Å². The third-order valence-electron chi connectivity index (χ3n) is 5.95. The standard InChI is InChI=1S/C29H21BrN2O5/c1-36-26-16-18(9-14-25(26)37-17-20-7-4-6-19-5-2-3-8-23(19)20)15-24-27(33)31-29(35)32(28(24)34)22-12-10-21(30)11-13-22/h2-16H,17H2,1H3,(H,31,33,35)/b24-15+. The number of imide groups is 2. The van der Waals surface area contributed by atoms with Crippen LogP contribution in [0.5, 0.6) is 11.5 Å². The lowest BCUT2D eigenvalue weighted by Gasteiger charge is -2.26. The van der Waals surface area contributed by atoms with E-state index in [4.69, 9.17) is 9.47 Å². The van der Waals surface area contributed by atoms with Crippen LogP contribution in [0.15, 0.2) is 95.0 Å². The monoisotopic (exact) mass is 556 g/mol. The molecule has 0 spiro atoms. The molecule has 5 rings (SSSR count). The molecule has 37 heavy (non-hydrogen) atoms. The van der Waals surface area contributed by atoms with Gasteiger partial charge >= 0.3 is 6.03 Å². The van der Waals surface area contributed by atoms with Gasteiger partial charge in [0.05, 0.1) is 12.8 Å². The van der Waals surface area contributed by atoms with E-state index >= 15 is 0 Å². The molecule has 0 unspecified atom stereocenters. The molecule has 0 radical (unpaired) electrons. The Morgan fingerprint density at radius 1 is 0.892 bits per heavy atom. The molecule has 4 aromatic rings. The van der Waals surface area contributed by atoms with Gasteiger partial charge in [0.15, 0.2) is 11.5 Å². The first-order valence-electron chi connectivity index (χ1n) is 11.4. The zero-order valence-corrected chi connectivity index (χ0v) is 21.3. The van der Waals surface area contributed by atoms with Crippen LogP contribution < -0.4 is 19.7 Å². The summed E-state index contributed by atoms with van der Waals surface area (Å²) in [5, 5.41) is 4.46. The zero-order valence-electron chi connectivity index (χ0n) is 19.7. The zero-order chi connectivity index (χ0) is 25.9. The van der Waals surface area contributed by atoms with E-state index in [1.807, 2.05) is 24.3 Å². The Balaban J connectivity index is 1.40. The molecule has 1 aliphatic rings. The van der Waals surface area contributed by atoms with Crippen LogP contribution in [-0.4, -0.2) is 25.0 Å². The normalized spacial score (nSPS) is 14.7. The molecule has 1 heterocycles. The first-order valence-corrected chi connectivity index (χ1v) is 12.2. The predicted octanol–water partition coefficient (Wildman–Crippen LogP) is 5.86. The van der Waals surface area contributed by atoms with E-state index in [9.17, 15) is 14.4 Å². The van der Waals surface area contributed by atoms with Crippen LogP contribution in [-0.2, 0) is 16.2 Å². The highest BCUT2D eigenvalue weighted by molar-refractivity contribution is 9.10. The van der Waals surface area contributed by atoms with Crippen molar-refractivity contribution in [3.05, 3.63) is 106 Å². The second-order valence-corrected chi connectivity index (χ2v) is 9.19. The lowest BCUT2D eigenvalue weighted by molar-refractivity contribution is -0.122. The van der Waals surface area contributed by atoms with E-state index in [1.54, 1.807) is 42.5 Å². The van der Waals surface area contributed by atoms with Crippen molar-refractivity contribution in [2.45, 2.75) is 6.61 Å². The fourth-order valence-electron chi connectivity index (χ4n) is 4.12. The summed E-state index contributed by atoms with van der Waals surface area (Å²) in [6.45, 7) is 0.337. The van der Waals surface area contributed by atoms with Gasteiger partial charge in [-0.25, -0.2) is 9.69 Å². The second kappa shape index (κ2) is 10.3. The molecule has 0 aromatic heterocycles. The minimum Gasteiger partial charge on any atom is -0.493 e. The van der Waals surface area contributed by atoms with E-state index < -0.39 is 17.8 Å². The average Bonchev–Trinajstić information content (AvgIpc) is 2.91. The maximum atomic E-state index is 13.1. The van der Waals surface area contributed by atoms with Crippen LogP contribution in [0, 0.1) is 0 Å².